The van der Waals surface area contributed by atoms with Crippen molar-refractivity contribution in [1.82, 2.24) is 15.2 Å². The van der Waals surface area contributed by atoms with Crippen molar-refractivity contribution in [2.24, 2.45) is 0 Å². The molecule has 3 rings (SSSR count). The van der Waals surface area contributed by atoms with Crippen LogP contribution in [0.5, 0.6) is 0 Å². The molecule has 2 amide bonds. The maximum atomic E-state index is 13.3. The standard InChI is InChI=1S/C20H23FN4O2/c1-13-9-16(21)5-4-15(13)10-19(26)25-8-7-22-12-18(25)20(27)24-17-6-3-14(2)23-11-17/h3-6,9,11,18,22H,7-8,10,12H2,1-2H3,(H,24,27)/t18-/m1/s1. The van der Waals surface area contributed by atoms with E-state index in [-0.39, 0.29) is 24.1 Å². The van der Waals surface area contributed by atoms with Crippen molar-refractivity contribution in [2.45, 2.75) is 26.3 Å². The number of aromatic nitrogens is 1. The number of aryl methyl sites for hydroxylation is 2. The summed E-state index contributed by atoms with van der Waals surface area (Å²) in [5.41, 5.74) is 2.95. The second kappa shape index (κ2) is 8.26. The van der Waals surface area contributed by atoms with Crippen LogP contribution in [0.25, 0.3) is 0 Å². The molecule has 1 saturated heterocycles. The van der Waals surface area contributed by atoms with Crippen molar-refractivity contribution in [2.75, 3.05) is 25.0 Å². The van der Waals surface area contributed by atoms with Crippen LogP contribution in [0.15, 0.2) is 36.5 Å². The molecule has 0 radical (unpaired) electrons. The highest BCUT2D eigenvalue weighted by Gasteiger charge is 2.32. The lowest BCUT2D eigenvalue weighted by atomic mass is 10.0. The third-order valence-corrected chi connectivity index (χ3v) is 4.69. The first-order valence-corrected chi connectivity index (χ1v) is 8.93. The van der Waals surface area contributed by atoms with Gasteiger partial charge in [-0.2, -0.15) is 0 Å². The van der Waals surface area contributed by atoms with Crippen LogP contribution in [0, 0.1) is 19.7 Å². The third-order valence-electron chi connectivity index (χ3n) is 4.69. The molecule has 27 heavy (non-hydrogen) atoms. The van der Waals surface area contributed by atoms with Gasteiger partial charge in [-0.1, -0.05) is 6.07 Å². The van der Waals surface area contributed by atoms with Crippen LogP contribution in [0.2, 0.25) is 0 Å². The highest BCUT2D eigenvalue weighted by atomic mass is 19.1. The summed E-state index contributed by atoms with van der Waals surface area (Å²) >= 11 is 0. The number of nitrogens with one attached hydrogen (secondary N) is 2. The van der Waals surface area contributed by atoms with E-state index in [1.54, 1.807) is 30.2 Å². The summed E-state index contributed by atoms with van der Waals surface area (Å²) in [6.07, 6.45) is 1.74. The van der Waals surface area contributed by atoms with Crippen molar-refractivity contribution in [3.63, 3.8) is 0 Å². The molecule has 2 heterocycles. The first kappa shape index (κ1) is 19.0. The predicted octanol–water partition coefficient (Wildman–Crippen LogP) is 1.82. The minimum Gasteiger partial charge on any atom is -0.328 e. The Bertz CT molecular complexity index is 838. The first-order chi connectivity index (χ1) is 12.9. The summed E-state index contributed by atoms with van der Waals surface area (Å²) in [7, 11) is 0. The summed E-state index contributed by atoms with van der Waals surface area (Å²) in [5.74, 6) is -0.722. The third kappa shape index (κ3) is 4.68. The van der Waals surface area contributed by atoms with Crippen LogP contribution >= 0.6 is 0 Å². The molecule has 2 aromatic rings. The number of amides is 2. The van der Waals surface area contributed by atoms with E-state index in [0.29, 0.717) is 25.3 Å². The van der Waals surface area contributed by atoms with Crippen molar-refractivity contribution in [1.29, 1.82) is 0 Å². The highest BCUT2D eigenvalue weighted by Crippen LogP contribution is 2.15. The van der Waals surface area contributed by atoms with E-state index in [1.807, 2.05) is 13.0 Å². The number of nitrogens with zero attached hydrogens (tertiary/aromatic N) is 2. The number of hydrogen-bond acceptors (Lipinski definition) is 4. The van der Waals surface area contributed by atoms with Crippen LogP contribution in [0.1, 0.15) is 16.8 Å². The fourth-order valence-electron chi connectivity index (χ4n) is 3.13. The van der Waals surface area contributed by atoms with Crippen molar-refractivity contribution < 1.29 is 14.0 Å². The van der Waals surface area contributed by atoms with E-state index in [2.05, 4.69) is 15.6 Å². The molecule has 1 aromatic carbocycles. The fourth-order valence-corrected chi connectivity index (χ4v) is 3.13. The highest BCUT2D eigenvalue weighted by molar-refractivity contribution is 5.97. The van der Waals surface area contributed by atoms with Crippen LogP contribution < -0.4 is 10.6 Å². The predicted molar refractivity (Wildman–Crippen MR) is 101 cm³/mol. The summed E-state index contributed by atoms with van der Waals surface area (Å²) in [4.78, 5) is 31.3. The van der Waals surface area contributed by atoms with Gasteiger partial charge >= 0.3 is 0 Å². The van der Waals surface area contributed by atoms with Crippen molar-refractivity contribution in [3.8, 4) is 0 Å². The molecule has 7 heteroatoms. The van der Waals surface area contributed by atoms with Crippen LogP contribution in [-0.4, -0.2) is 47.4 Å². The quantitative estimate of drug-likeness (QED) is 0.861. The Morgan fingerprint density at radius 1 is 1.30 bits per heavy atom. The lowest BCUT2D eigenvalue weighted by Gasteiger charge is -2.35. The zero-order valence-corrected chi connectivity index (χ0v) is 15.5. The Hall–Kier alpha value is -2.80. The Balaban J connectivity index is 1.71. The molecule has 0 spiro atoms. The van der Waals surface area contributed by atoms with Crippen LogP contribution in [-0.2, 0) is 16.0 Å². The molecule has 142 valence electrons. The normalized spacial score (nSPS) is 16.9. The molecule has 6 nitrogen and oxygen atoms in total. The Morgan fingerprint density at radius 3 is 2.81 bits per heavy atom. The monoisotopic (exact) mass is 370 g/mol. The van der Waals surface area contributed by atoms with Gasteiger partial charge in [-0.05, 0) is 49.2 Å². The van der Waals surface area contributed by atoms with Gasteiger partial charge < -0.3 is 15.5 Å². The molecular formula is C20H23FN4O2. The molecule has 0 unspecified atom stereocenters. The molecule has 1 aliphatic rings. The SMILES string of the molecule is Cc1ccc(NC(=O)[C@H]2CNCCN2C(=O)Cc2ccc(F)cc2C)cn1. The molecular weight excluding hydrogens is 347 g/mol. The van der Waals surface area contributed by atoms with Crippen molar-refractivity contribution >= 4 is 17.5 Å². The van der Waals surface area contributed by atoms with E-state index in [4.69, 9.17) is 0 Å². The first-order valence-electron chi connectivity index (χ1n) is 8.93. The van der Waals surface area contributed by atoms with Crippen LogP contribution in [0.4, 0.5) is 10.1 Å². The number of rotatable bonds is 4. The van der Waals surface area contributed by atoms with Gasteiger partial charge in [0, 0.05) is 25.3 Å². The van der Waals surface area contributed by atoms with E-state index in [1.165, 1.54) is 12.1 Å². The second-order valence-electron chi connectivity index (χ2n) is 6.73. The zero-order chi connectivity index (χ0) is 19.4. The lowest BCUT2D eigenvalue weighted by molar-refractivity contribution is -0.139. The molecule has 1 fully saturated rings. The van der Waals surface area contributed by atoms with E-state index >= 15 is 0 Å². The molecule has 0 saturated carbocycles. The molecule has 1 atom stereocenters. The smallest absolute Gasteiger partial charge is 0.248 e. The van der Waals surface area contributed by atoms with Gasteiger partial charge in [0.2, 0.25) is 11.8 Å². The van der Waals surface area contributed by atoms with E-state index in [9.17, 15) is 14.0 Å². The number of halogens is 1. The fraction of sp³-hybridized carbons (Fsp3) is 0.350. The average Bonchev–Trinajstić information content (AvgIpc) is 2.66. The maximum absolute atomic E-state index is 13.3. The summed E-state index contributed by atoms with van der Waals surface area (Å²) in [5, 5.41) is 5.98. The molecule has 0 aliphatic carbocycles. The number of benzene rings is 1. The molecule has 0 bridgehead atoms. The number of anilines is 1. The van der Waals surface area contributed by atoms with Crippen molar-refractivity contribution in [3.05, 3.63) is 59.2 Å². The Labute approximate surface area is 157 Å². The van der Waals surface area contributed by atoms with Gasteiger partial charge in [-0.15, -0.1) is 0 Å². The summed E-state index contributed by atoms with van der Waals surface area (Å²) in [6.45, 7) is 5.11. The molecule has 2 N–H and O–H groups in total. The number of pyridine rings is 1. The van der Waals surface area contributed by atoms with Crippen LogP contribution in [0.3, 0.4) is 0 Å². The number of carbonyl (C=O) groups is 2. The minimum absolute atomic E-state index is 0.141. The molecule has 1 aromatic heterocycles. The summed E-state index contributed by atoms with van der Waals surface area (Å²) < 4.78 is 13.3. The van der Waals surface area contributed by atoms with Gasteiger partial charge in [0.1, 0.15) is 11.9 Å². The van der Waals surface area contributed by atoms with Gasteiger partial charge in [0.15, 0.2) is 0 Å². The van der Waals surface area contributed by atoms with Gasteiger partial charge in [-0.25, -0.2) is 4.39 Å². The number of piperazine rings is 1. The zero-order valence-electron chi connectivity index (χ0n) is 15.5. The Morgan fingerprint density at radius 2 is 2.11 bits per heavy atom. The topological polar surface area (TPSA) is 74.3 Å². The number of hydrogen-bond donors (Lipinski definition) is 2. The average molecular weight is 370 g/mol. The molecule has 1 aliphatic heterocycles. The second-order valence-corrected chi connectivity index (χ2v) is 6.73. The number of carbonyl (C=O) groups excluding carboxylic acids is 2. The van der Waals surface area contributed by atoms with Gasteiger partial charge in [0.05, 0.1) is 18.3 Å². The van der Waals surface area contributed by atoms with E-state index in [0.717, 1.165) is 16.8 Å². The van der Waals surface area contributed by atoms with Gasteiger partial charge in [0.25, 0.3) is 0 Å². The largest absolute Gasteiger partial charge is 0.328 e. The van der Waals surface area contributed by atoms with Gasteiger partial charge in [-0.3, -0.25) is 14.6 Å². The maximum Gasteiger partial charge on any atom is 0.248 e. The summed E-state index contributed by atoms with van der Waals surface area (Å²) in [6, 6.07) is 7.38. The van der Waals surface area contributed by atoms with E-state index < -0.39 is 6.04 Å². The lowest BCUT2D eigenvalue weighted by Crippen LogP contribution is -2.58. The Kier molecular flexibility index (Phi) is 5.81. The minimum atomic E-state index is -0.603.